The van der Waals surface area contributed by atoms with Gasteiger partial charge in [-0.3, -0.25) is 9.59 Å². The molecule has 39 heavy (non-hydrogen) atoms. The van der Waals surface area contributed by atoms with E-state index in [-0.39, 0.29) is 24.2 Å². The number of anilines is 1. The van der Waals surface area contributed by atoms with E-state index in [1.54, 1.807) is 37.3 Å². The van der Waals surface area contributed by atoms with E-state index in [0.29, 0.717) is 25.1 Å². The Hall–Kier alpha value is -3.46. The Kier molecular flexibility index (Phi) is 8.90. The van der Waals surface area contributed by atoms with Gasteiger partial charge in [0.25, 0.3) is 0 Å². The first kappa shape index (κ1) is 28.5. The van der Waals surface area contributed by atoms with Crippen LogP contribution in [-0.2, 0) is 22.6 Å². The van der Waals surface area contributed by atoms with Gasteiger partial charge in [-0.05, 0) is 68.3 Å². The van der Waals surface area contributed by atoms with Crippen LogP contribution in [0.25, 0.3) is 21.3 Å². The van der Waals surface area contributed by atoms with Gasteiger partial charge < -0.3 is 20.3 Å². The largest absolute Gasteiger partial charge is 0.496 e. The number of carbonyl (C=O) groups is 2. The molecular formula is C30H33ClN4O3S. The summed E-state index contributed by atoms with van der Waals surface area (Å²) in [7, 11) is 3.38. The van der Waals surface area contributed by atoms with Crippen LogP contribution in [0.2, 0.25) is 0 Å². The second-order valence-electron chi connectivity index (χ2n) is 9.64. The fraction of sp³-hybridized carbons (Fsp3) is 0.300. The van der Waals surface area contributed by atoms with Crippen molar-refractivity contribution in [3.8, 4) is 16.3 Å². The average molecular weight is 565 g/mol. The molecule has 2 amide bonds. The Balaban J connectivity index is 0.00000353. The second-order valence-corrected chi connectivity index (χ2v) is 10.5. The minimum absolute atomic E-state index is 0. The summed E-state index contributed by atoms with van der Waals surface area (Å²) in [4.78, 5) is 33.1. The van der Waals surface area contributed by atoms with Crippen LogP contribution in [0.5, 0.6) is 5.75 Å². The van der Waals surface area contributed by atoms with Gasteiger partial charge in [-0.2, -0.15) is 0 Å². The second kappa shape index (κ2) is 12.2. The lowest BCUT2D eigenvalue weighted by Crippen LogP contribution is -2.52. The van der Waals surface area contributed by atoms with Crippen LogP contribution in [-0.4, -0.2) is 43.0 Å². The third-order valence-corrected chi connectivity index (χ3v) is 8.19. The van der Waals surface area contributed by atoms with Crippen molar-refractivity contribution >= 4 is 52.0 Å². The van der Waals surface area contributed by atoms with Gasteiger partial charge in [-0.15, -0.1) is 23.7 Å². The number of aryl methyl sites for hydroxylation is 2. The number of halogens is 1. The van der Waals surface area contributed by atoms with Crippen molar-refractivity contribution in [3.63, 3.8) is 0 Å². The van der Waals surface area contributed by atoms with Crippen LogP contribution in [0.1, 0.15) is 30.2 Å². The molecule has 9 heteroatoms. The lowest BCUT2D eigenvalue weighted by atomic mass is 10.00. The molecule has 3 aromatic carbocycles. The third kappa shape index (κ3) is 5.78. The monoisotopic (exact) mass is 564 g/mol. The minimum Gasteiger partial charge on any atom is -0.496 e. The van der Waals surface area contributed by atoms with Gasteiger partial charge in [-0.25, -0.2) is 4.98 Å². The molecule has 204 valence electrons. The first-order chi connectivity index (χ1) is 18.4. The average Bonchev–Trinajstić information content (AvgIpc) is 3.33. The van der Waals surface area contributed by atoms with Crippen molar-refractivity contribution in [1.82, 2.24) is 15.6 Å². The lowest BCUT2D eigenvalue weighted by molar-refractivity contribution is -0.128. The van der Waals surface area contributed by atoms with Gasteiger partial charge in [-0.1, -0.05) is 36.4 Å². The molecule has 1 aliphatic heterocycles. The highest BCUT2D eigenvalue weighted by Crippen LogP contribution is 2.36. The van der Waals surface area contributed by atoms with E-state index >= 15 is 0 Å². The minimum atomic E-state index is -0.619. The molecule has 0 bridgehead atoms. The summed E-state index contributed by atoms with van der Waals surface area (Å²) >= 11 is 1.63. The van der Waals surface area contributed by atoms with Crippen LogP contribution in [0.4, 0.5) is 5.69 Å². The molecule has 7 nitrogen and oxygen atoms in total. The first-order valence-electron chi connectivity index (χ1n) is 12.8. The quantitative estimate of drug-likeness (QED) is 0.319. The van der Waals surface area contributed by atoms with E-state index in [1.807, 2.05) is 42.6 Å². The summed E-state index contributed by atoms with van der Waals surface area (Å²) in [5.74, 6) is 0.402. The number of nitrogens with zero attached hydrogens (tertiary/aromatic N) is 2. The molecule has 0 fully saturated rings. The Morgan fingerprint density at radius 3 is 2.72 bits per heavy atom. The fourth-order valence-corrected chi connectivity index (χ4v) is 5.74. The highest BCUT2D eigenvalue weighted by molar-refractivity contribution is 7.13. The summed E-state index contributed by atoms with van der Waals surface area (Å²) in [6.07, 6.45) is 1.23. The van der Waals surface area contributed by atoms with Crippen molar-refractivity contribution < 1.29 is 14.3 Å². The highest BCUT2D eigenvalue weighted by atomic mass is 35.5. The van der Waals surface area contributed by atoms with Crippen LogP contribution in [0, 0.1) is 6.92 Å². The Bertz CT molecular complexity index is 1500. The number of methoxy groups -OCH3 is 1. The zero-order valence-electron chi connectivity index (χ0n) is 22.5. The van der Waals surface area contributed by atoms with E-state index in [1.165, 1.54) is 0 Å². The van der Waals surface area contributed by atoms with Crippen LogP contribution >= 0.6 is 23.7 Å². The summed E-state index contributed by atoms with van der Waals surface area (Å²) in [6, 6.07) is 17.3. The number of para-hydroxylation sites is 1. The molecular weight excluding hydrogens is 532 g/mol. The van der Waals surface area contributed by atoms with Gasteiger partial charge in [0.2, 0.25) is 11.8 Å². The number of hydrogen-bond donors (Lipinski definition) is 2. The molecule has 1 aliphatic rings. The maximum Gasteiger partial charge on any atom is 0.249 e. The Morgan fingerprint density at radius 1 is 1.21 bits per heavy atom. The summed E-state index contributed by atoms with van der Waals surface area (Å²) < 4.78 is 5.78. The van der Waals surface area contributed by atoms with Crippen molar-refractivity contribution in [2.24, 2.45) is 0 Å². The van der Waals surface area contributed by atoms with Gasteiger partial charge in [0.05, 0.1) is 19.7 Å². The number of fused-ring (bicyclic) bond motifs is 2. The lowest BCUT2D eigenvalue weighted by Gasteiger charge is -2.28. The van der Waals surface area contributed by atoms with Crippen LogP contribution in [0.3, 0.4) is 0 Å². The predicted octanol–water partition coefficient (Wildman–Crippen LogP) is 5.27. The van der Waals surface area contributed by atoms with Gasteiger partial charge in [0, 0.05) is 27.9 Å². The Labute approximate surface area is 239 Å². The summed E-state index contributed by atoms with van der Waals surface area (Å²) in [5.41, 5.74) is 4.93. The highest BCUT2D eigenvalue weighted by Gasteiger charge is 2.33. The fourth-order valence-electron chi connectivity index (χ4n) is 4.95. The smallest absolute Gasteiger partial charge is 0.249 e. The van der Waals surface area contributed by atoms with Gasteiger partial charge in [0.15, 0.2) is 0 Å². The van der Waals surface area contributed by atoms with Crippen molar-refractivity contribution in [3.05, 3.63) is 76.8 Å². The first-order valence-corrected chi connectivity index (χ1v) is 13.7. The summed E-state index contributed by atoms with van der Waals surface area (Å²) in [5, 5.41) is 11.0. The Morgan fingerprint density at radius 2 is 2.00 bits per heavy atom. The molecule has 1 aromatic heterocycles. The molecule has 0 radical (unpaired) electrons. The number of likely N-dealkylation sites (N-methyl/N-ethyl adjacent to an activating group) is 1. The van der Waals surface area contributed by atoms with Crippen molar-refractivity contribution in [1.29, 1.82) is 0 Å². The molecule has 0 saturated heterocycles. The number of nitrogens with one attached hydrogen (secondary N) is 2. The van der Waals surface area contributed by atoms with Crippen molar-refractivity contribution in [2.75, 3.05) is 19.1 Å². The van der Waals surface area contributed by atoms with Gasteiger partial charge >= 0.3 is 0 Å². The number of benzene rings is 3. The molecule has 2 unspecified atom stereocenters. The van der Waals surface area contributed by atoms with Crippen molar-refractivity contribution in [2.45, 2.75) is 45.3 Å². The zero-order chi connectivity index (χ0) is 26.8. The van der Waals surface area contributed by atoms with E-state index in [4.69, 9.17) is 4.74 Å². The zero-order valence-corrected chi connectivity index (χ0v) is 24.1. The standard InChI is InChI=1S/C30H32N4O3S.ClH/c1-18-17-38-29(32-18)22-9-12-23-21(15-22)11-14-27(37-4)24(23)16-34-26-8-6-5-7-20(26)10-13-25(30(34)36)33-28(35)19(2)31-3;/h5-9,11-12,14-15,17,19,25,31H,10,13,16H2,1-4H3,(H,33,35);1H. The van der Waals surface area contributed by atoms with Gasteiger partial charge in [0.1, 0.15) is 16.8 Å². The normalized spacial score (nSPS) is 15.7. The molecule has 0 spiro atoms. The van der Waals surface area contributed by atoms with Crippen LogP contribution < -0.4 is 20.3 Å². The number of rotatable bonds is 7. The molecule has 5 rings (SSSR count). The number of aromatic nitrogens is 1. The topological polar surface area (TPSA) is 83.6 Å². The maximum atomic E-state index is 14.0. The molecule has 4 aromatic rings. The van der Waals surface area contributed by atoms with E-state index in [0.717, 1.165) is 43.9 Å². The molecule has 0 saturated carbocycles. The SMILES string of the molecule is CNC(C)C(=O)NC1CCc2ccccc2N(Cc2c(OC)ccc3cc(-c4nc(C)cs4)ccc23)C1=O.Cl. The third-order valence-electron chi connectivity index (χ3n) is 7.18. The summed E-state index contributed by atoms with van der Waals surface area (Å²) in [6.45, 7) is 4.10. The number of ether oxygens (including phenoxy) is 1. The number of hydrogen-bond acceptors (Lipinski definition) is 6. The number of carbonyl (C=O) groups excluding carboxylic acids is 2. The van der Waals surface area contributed by atoms with Crippen LogP contribution in [0.15, 0.2) is 60.0 Å². The van der Waals surface area contributed by atoms with E-state index in [9.17, 15) is 9.59 Å². The maximum absolute atomic E-state index is 14.0. The molecule has 2 atom stereocenters. The van der Waals surface area contributed by atoms with E-state index < -0.39 is 12.1 Å². The number of thiazole rings is 1. The van der Waals surface area contributed by atoms with E-state index in [2.05, 4.69) is 39.9 Å². The molecule has 0 aliphatic carbocycles. The predicted molar refractivity (Wildman–Crippen MR) is 160 cm³/mol. The molecule has 2 N–H and O–H groups in total. The molecule has 2 heterocycles. The number of amides is 2.